The number of carbonyl (C=O) groups is 1. The molecule has 7 nitrogen and oxygen atoms in total. The Morgan fingerprint density at radius 1 is 1.17 bits per heavy atom. The number of fused-ring (bicyclic) bond motifs is 1. The molecule has 122 valence electrons. The molecule has 1 aliphatic heterocycles. The third kappa shape index (κ3) is 3.00. The lowest BCUT2D eigenvalue weighted by molar-refractivity contribution is 0.102. The number of hydrogen-bond donors (Lipinski definition) is 1. The molecule has 3 heterocycles. The fraction of sp³-hybridized carbons (Fsp3) is 0.188. The fourth-order valence-corrected chi connectivity index (χ4v) is 2.93. The summed E-state index contributed by atoms with van der Waals surface area (Å²) < 4.78 is 16.5. The number of rotatable bonds is 5. The minimum atomic E-state index is -0.0448. The van der Waals surface area contributed by atoms with Crippen LogP contribution in [0.1, 0.15) is 10.4 Å². The van der Waals surface area contributed by atoms with Crippen molar-refractivity contribution in [1.29, 1.82) is 0 Å². The number of H-pyrrole nitrogens is 1. The van der Waals surface area contributed by atoms with E-state index in [1.165, 1.54) is 11.8 Å². The van der Waals surface area contributed by atoms with E-state index in [9.17, 15) is 4.79 Å². The predicted molar refractivity (Wildman–Crippen MR) is 86.6 cm³/mol. The van der Waals surface area contributed by atoms with Crippen LogP contribution in [-0.2, 0) is 0 Å². The smallest absolute Gasteiger partial charge is 0.277 e. The van der Waals surface area contributed by atoms with E-state index in [4.69, 9.17) is 13.9 Å². The molecule has 0 fully saturated rings. The van der Waals surface area contributed by atoms with Crippen LogP contribution in [0.5, 0.6) is 11.5 Å². The SMILES string of the molecule is O=C(CSc1nnc(-c2ccc[nH]2)o1)c1ccc2c(c1)OCCO2. The monoisotopic (exact) mass is 343 g/mol. The minimum Gasteiger partial charge on any atom is -0.486 e. The van der Waals surface area contributed by atoms with Gasteiger partial charge in [-0.05, 0) is 30.3 Å². The number of ketones is 1. The maximum atomic E-state index is 12.3. The summed E-state index contributed by atoms with van der Waals surface area (Å²) in [6.45, 7) is 1.01. The molecule has 0 atom stereocenters. The van der Waals surface area contributed by atoms with E-state index < -0.39 is 0 Å². The summed E-state index contributed by atoms with van der Waals surface area (Å²) >= 11 is 1.20. The zero-order valence-corrected chi connectivity index (χ0v) is 13.3. The summed E-state index contributed by atoms with van der Waals surface area (Å²) in [5, 5.41) is 8.24. The maximum Gasteiger partial charge on any atom is 0.277 e. The Morgan fingerprint density at radius 3 is 2.88 bits per heavy atom. The Balaban J connectivity index is 1.41. The summed E-state index contributed by atoms with van der Waals surface area (Å²) in [6.07, 6.45) is 1.78. The molecule has 0 unspecified atom stereocenters. The van der Waals surface area contributed by atoms with Crippen molar-refractivity contribution in [3.63, 3.8) is 0 Å². The van der Waals surface area contributed by atoms with Crippen molar-refractivity contribution in [2.75, 3.05) is 19.0 Å². The predicted octanol–water partition coefficient (Wildman–Crippen LogP) is 2.81. The molecule has 0 aliphatic carbocycles. The van der Waals surface area contributed by atoms with Crippen molar-refractivity contribution in [3.05, 3.63) is 42.1 Å². The van der Waals surface area contributed by atoms with E-state index in [-0.39, 0.29) is 11.5 Å². The lowest BCUT2D eigenvalue weighted by Gasteiger charge is -2.18. The average molecular weight is 343 g/mol. The first-order chi connectivity index (χ1) is 11.8. The number of hydrogen-bond acceptors (Lipinski definition) is 7. The van der Waals surface area contributed by atoms with Gasteiger partial charge in [0, 0.05) is 11.8 Å². The highest BCUT2D eigenvalue weighted by Gasteiger charge is 2.16. The van der Waals surface area contributed by atoms with E-state index in [2.05, 4.69) is 15.2 Å². The Morgan fingerprint density at radius 2 is 2.04 bits per heavy atom. The first-order valence-electron chi connectivity index (χ1n) is 7.32. The molecular weight excluding hydrogens is 330 g/mol. The highest BCUT2D eigenvalue weighted by Crippen LogP contribution is 2.31. The van der Waals surface area contributed by atoms with Gasteiger partial charge in [-0.15, -0.1) is 10.2 Å². The van der Waals surface area contributed by atoms with Crippen LogP contribution in [0.25, 0.3) is 11.6 Å². The van der Waals surface area contributed by atoms with Gasteiger partial charge in [0.15, 0.2) is 17.3 Å². The van der Waals surface area contributed by atoms with Gasteiger partial charge in [0.2, 0.25) is 0 Å². The molecule has 8 heteroatoms. The molecule has 0 spiro atoms. The second kappa shape index (κ2) is 6.40. The van der Waals surface area contributed by atoms with E-state index in [1.54, 1.807) is 24.4 Å². The molecule has 24 heavy (non-hydrogen) atoms. The number of thioether (sulfide) groups is 1. The van der Waals surface area contributed by atoms with Crippen LogP contribution in [0.15, 0.2) is 46.2 Å². The molecule has 0 saturated heterocycles. The number of aromatic amines is 1. The minimum absolute atomic E-state index is 0.0448. The third-order valence-corrected chi connectivity index (χ3v) is 4.24. The van der Waals surface area contributed by atoms with Gasteiger partial charge in [-0.2, -0.15) is 0 Å². The van der Waals surface area contributed by atoms with Crippen LogP contribution in [0, 0.1) is 0 Å². The highest BCUT2D eigenvalue weighted by atomic mass is 32.2. The topological polar surface area (TPSA) is 90.2 Å². The first-order valence-corrected chi connectivity index (χ1v) is 8.31. The number of ether oxygens (including phenoxy) is 2. The standard InChI is InChI=1S/C16H13N3O4S/c20-12(10-3-4-13-14(8-10)22-7-6-21-13)9-24-16-19-18-15(23-16)11-2-1-5-17-11/h1-5,8,17H,6-7,9H2. The molecule has 0 amide bonds. The quantitative estimate of drug-likeness (QED) is 0.563. The molecule has 1 aromatic carbocycles. The van der Waals surface area contributed by atoms with Crippen molar-refractivity contribution in [2.45, 2.75) is 5.22 Å². The number of nitrogens with one attached hydrogen (secondary N) is 1. The summed E-state index contributed by atoms with van der Waals surface area (Å²) in [5.41, 5.74) is 1.31. The second-order valence-corrected chi connectivity index (χ2v) is 5.95. The molecule has 0 saturated carbocycles. The Labute approximate surface area is 141 Å². The fourth-order valence-electron chi connectivity index (χ4n) is 2.27. The van der Waals surface area contributed by atoms with Gasteiger partial charge >= 0.3 is 0 Å². The van der Waals surface area contributed by atoms with Crippen LogP contribution in [0.2, 0.25) is 0 Å². The number of benzene rings is 1. The van der Waals surface area contributed by atoms with E-state index in [1.807, 2.05) is 12.1 Å². The van der Waals surface area contributed by atoms with E-state index >= 15 is 0 Å². The van der Waals surface area contributed by atoms with E-state index in [0.717, 1.165) is 5.69 Å². The lowest BCUT2D eigenvalue weighted by atomic mass is 10.1. The summed E-state index contributed by atoms with van der Waals surface area (Å²) in [4.78, 5) is 15.3. The highest BCUT2D eigenvalue weighted by molar-refractivity contribution is 7.99. The molecule has 4 rings (SSSR count). The normalized spacial score (nSPS) is 13.0. The zero-order chi connectivity index (χ0) is 16.4. The van der Waals surface area contributed by atoms with Crippen molar-refractivity contribution in [3.8, 4) is 23.1 Å². The summed E-state index contributed by atoms with van der Waals surface area (Å²) in [5.74, 6) is 1.82. The molecule has 0 bridgehead atoms. The van der Waals surface area contributed by atoms with Crippen molar-refractivity contribution in [1.82, 2.24) is 15.2 Å². The Kier molecular flexibility index (Phi) is 3.96. The van der Waals surface area contributed by atoms with Gasteiger partial charge in [-0.25, -0.2) is 0 Å². The van der Waals surface area contributed by atoms with Gasteiger partial charge in [-0.3, -0.25) is 4.79 Å². The van der Waals surface area contributed by atoms with Crippen LogP contribution < -0.4 is 9.47 Å². The van der Waals surface area contributed by atoms with Gasteiger partial charge in [0.25, 0.3) is 11.1 Å². The zero-order valence-electron chi connectivity index (χ0n) is 12.5. The van der Waals surface area contributed by atoms with Gasteiger partial charge < -0.3 is 18.9 Å². The Bertz CT molecular complexity index is 860. The number of carbonyl (C=O) groups excluding carboxylic acids is 1. The second-order valence-electron chi connectivity index (χ2n) is 5.03. The van der Waals surface area contributed by atoms with Crippen molar-refractivity contribution >= 4 is 17.5 Å². The first kappa shape index (κ1) is 14.8. The molecule has 1 N–H and O–H groups in total. The van der Waals surface area contributed by atoms with Crippen LogP contribution in [0.3, 0.4) is 0 Å². The van der Waals surface area contributed by atoms with Gasteiger partial charge in [-0.1, -0.05) is 11.8 Å². The van der Waals surface area contributed by atoms with Crippen LogP contribution in [0.4, 0.5) is 0 Å². The largest absolute Gasteiger partial charge is 0.486 e. The van der Waals surface area contributed by atoms with Gasteiger partial charge in [0.05, 0.1) is 5.75 Å². The molecule has 2 aromatic heterocycles. The van der Waals surface area contributed by atoms with Crippen molar-refractivity contribution in [2.24, 2.45) is 0 Å². The number of Topliss-reactive ketones (excluding diaryl/α,β-unsaturated/α-hetero) is 1. The van der Waals surface area contributed by atoms with Gasteiger partial charge in [0.1, 0.15) is 18.9 Å². The maximum absolute atomic E-state index is 12.3. The average Bonchev–Trinajstić information content (AvgIpc) is 3.30. The van der Waals surface area contributed by atoms with Crippen LogP contribution in [-0.4, -0.2) is 39.9 Å². The van der Waals surface area contributed by atoms with E-state index in [0.29, 0.717) is 41.4 Å². The molecular formula is C16H13N3O4S. The molecule has 1 aliphatic rings. The summed E-state index contributed by atoms with van der Waals surface area (Å²) in [7, 11) is 0. The number of nitrogens with zero attached hydrogens (tertiary/aromatic N) is 2. The third-order valence-electron chi connectivity index (χ3n) is 3.43. The summed E-state index contributed by atoms with van der Waals surface area (Å²) in [6, 6.07) is 8.87. The molecule has 0 radical (unpaired) electrons. The Hall–Kier alpha value is -2.74. The number of aromatic nitrogens is 3. The van der Waals surface area contributed by atoms with Crippen LogP contribution >= 0.6 is 11.8 Å². The lowest BCUT2D eigenvalue weighted by Crippen LogP contribution is -2.16. The van der Waals surface area contributed by atoms with Crippen molar-refractivity contribution < 1.29 is 18.7 Å². The molecule has 3 aromatic rings.